The fourth-order valence-corrected chi connectivity index (χ4v) is 2.04. The summed E-state index contributed by atoms with van der Waals surface area (Å²) in [6, 6.07) is 6.59. The highest BCUT2D eigenvalue weighted by atomic mass is 32.1. The molecule has 2 aromatic rings. The largest absolute Gasteiger partial charge is 0.310 e. The SMILES string of the molecule is CC(C)NCc1cc(-c2cccnc2)ns1. The maximum atomic E-state index is 4.43. The van der Waals surface area contributed by atoms with Gasteiger partial charge < -0.3 is 5.32 Å². The smallest absolute Gasteiger partial charge is 0.0859 e. The van der Waals surface area contributed by atoms with Gasteiger partial charge in [0.05, 0.1) is 5.69 Å². The monoisotopic (exact) mass is 233 g/mol. The molecule has 0 unspecified atom stereocenters. The van der Waals surface area contributed by atoms with Gasteiger partial charge in [0.25, 0.3) is 0 Å². The molecule has 0 aromatic carbocycles. The van der Waals surface area contributed by atoms with Crippen molar-refractivity contribution in [2.24, 2.45) is 0 Å². The molecule has 4 heteroatoms. The van der Waals surface area contributed by atoms with Gasteiger partial charge in [-0.15, -0.1) is 0 Å². The van der Waals surface area contributed by atoms with Crippen LogP contribution in [0.3, 0.4) is 0 Å². The average Bonchev–Trinajstić information content (AvgIpc) is 2.76. The Morgan fingerprint density at radius 2 is 2.31 bits per heavy atom. The topological polar surface area (TPSA) is 37.8 Å². The molecular formula is C12H15N3S. The van der Waals surface area contributed by atoms with Crippen LogP contribution < -0.4 is 5.32 Å². The highest BCUT2D eigenvalue weighted by Crippen LogP contribution is 2.20. The van der Waals surface area contributed by atoms with Crippen LogP contribution in [-0.4, -0.2) is 15.4 Å². The summed E-state index contributed by atoms with van der Waals surface area (Å²) < 4.78 is 4.43. The Bertz CT molecular complexity index is 437. The second kappa shape index (κ2) is 5.18. The predicted molar refractivity (Wildman–Crippen MR) is 67.3 cm³/mol. The zero-order chi connectivity index (χ0) is 11.4. The van der Waals surface area contributed by atoms with E-state index in [1.807, 2.05) is 18.3 Å². The van der Waals surface area contributed by atoms with E-state index in [1.54, 1.807) is 17.7 Å². The van der Waals surface area contributed by atoms with Gasteiger partial charge in [-0.05, 0) is 29.7 Å². The van der Waals surface area contributed by atoms with Crippen LogP contribution in [0.25, 0.3) is 11.3 Å². The summed E-state index contributed by atoms with van der Waals surface area (Å²) in [4.78, 5) is 5.35. The van der Waals surface area contributed by atoms with E-state index >= 15 is 0 Å². The molecule has 0 aliphatic rings. The lowest BCUT2D eigenvalue weighted by Gasteiger charge is -2.04. The maximum Gasteiger partial charge on any atom is 0.0859 e. The van der Waals surface area contributed by atoms with Crippen molar-refractivity contribution in [3.63, 3.8) is 0 Å². The molecule has 84 valence electrons. The van der Waals surface area contributed by atoms with Crippen LogP contribution in [0, 0.1) is 0 Å². The summed E-state index contributed by atoms with van der Waals surface area (Å²) in [5.74, 6) is 0. The Morgan fingerprint density at radius 1 is 1.44 bits per heavy atom. The van der Waals surface area contributed by atoms with Gasteiger partial charge in [0, 0.05) is 35.4 Å². The first kappa shape index (κ1) is 11.2. The zero-order valence-electron chi connectivity index (χ0n) is 9.47. The summed E-state index contributed by atoms with van der Waals surface area (Å²) in [6.45, 7) is 5.17. The highest BCUT2D eigenvalue weighted by Gasteiger charge is 2.04. The first-order valence-electron chi connectivity index (χ1n) is 5.35. The standard InChI is InChI=1S/C12H15N3S/c1-9(2)14-8-11-6-12(15-16-11)10-4-3-5-13-7-10/h3-7,9,14H,8H2,1-2H3. The van der Waals surface area contributed by atoms with Crippen molar-refractivity contribution < 1.29 is 0 Å². The molecule has 0 bridgehead atoms. The lowest BCUT2D eigenvalue weighted by atomic mass is 10.2. The molecule has 3 nitrogen and oxygen atoms in total. The predicted octanol–water partition coefficient (Wildman–Crippen LogP) is 2.70. The maximum absolute atomic E-state index is 4.43. The third-order valence-electron chi connectivity index (χ3n) is 2.20. The molecule has 0 radical (unpaired) electrons. The molecule has 16 heavy (non-hydrogen) atoms. The Labute approximate surface area is 99.7 Å². The number of rotatable bonds is 4. The number of nitrogens with zero attached hydrogens (tertiary/aromatic N) is 2. The van der Waals surface area contributed by atoms with Gasteiger partial charge in [0.2, 0.25) is 0 Å². The number of aromatic nitrogens is 2. The van der Waals surface area contributed by atoms with Crippen LogP contribution in [0.2, 0.25) is 0 Å². The molecule has 0 spiro atoms. The highest BCUT2D eigenvalue weighted by molar-refractivity contribution is 7.06. The second-order valence-electron chi connectivity index (χ2n) is 3.96. The van der Waals surface area contributed by atoms with Crippen LogP contribution in [0.4, 0.5) is 0 Å². The lowest BCUT2D eigenvalue weighted by molar-refractivity contribution is 0.593. The Hall–Kier alpha value is -1.26. The lowest BCUT2D eigenvalue weighted by Crippen LogP contribution is -2.21. The molecule has 2 heterocycles. The van der Waals surface area contributed by atoms with E-state index < -0.39 is 0 Å². The van der Waals surface area contributed by atoms with Crippen molar-refractivity contribution in [3.05, 3.63) is 35.5 Å². The summed E-state index contributed by atoms with van der Waals surface area (Å²) in [5.41, 5.74) is 2.09. The van der Waals surface area contributed by atoms with Crippen molar-refractivity contribution in [2.45, 2.75) is 26.4 Å². The molecule has 0 saturated carbocycles. The molecular weight excluding hydrogens is 218 g/mol. The van der Waals surface area contributed by atoms with Gasteiger partial charge >= 0.3 is 0 Å². The fourth-order valence-electron chi connectivity index (χ4n) is 1.35. The van der Waals surface area contributed by atoms with Crippen molar-refractivity contribution in [1.82, 2.24) is 14.7 Å². The van der Waals surface area contributed by atoms with Crippen molar-refractivity contribution in [1.29, 1.82) is 0 Å². The molecule has 0 amide bonds. The third kappa shape index (κ3) is 2.87. The molecule has 2 rings (SSSR count). The Morgan fingerprint density at radius 3 is 3.00 bits per heavy atom. The van der Waals surface area contributed by atoms with E-state index in [-0.39, 0.29) is 0 Å². The summed E-state index contributed by atoms with van der Waals surface area (Å²) in [7, 11) is 0. The van der Waals surface area contributed by atoms with Gasteiger partial charge in [-0.1, -0.05) is 13.8 Å². The van der Waals surface area contributed by atoms with Crippen LogP contribution in [0.1, 0.15) is 18.7 Å². The van der Waals surface area contributed by atoms with E-state index in [0.717, 1.165) is 17.8 Å². The average molecular weight is 233 g/mol. The minimum absolute atomic E-state index is 0.504. The van der Waals surface area contributed by atoms with E-state index in [0.29, 0.717) is 6.04 Å². The summed E-state index contributed by atoms with van der Waals surface area (Å²) in [6.07, 6.45) is 3.62. The van der Waals surface area contributed by atoms with E-state index in [9.17, 15) is 0 Å². The van der Waals surface area contributed by atoms with E-state index in [4.69, 9.17) is 0 Å². The number of hydrogen-bond donors (Lipinski definition) is 1. The molecule has 2 aromatic heterocycles. The second-order valence-corrected chi connectivity index (χ2v) is 4.85. The van der Waals surface area contributed by atoms with Crippen molar-refractivity contribution in [2.75, 3.05) is 0 Å². The molecule has 0 aliphatic heterocycles. The van der Waals surface area contributed by atoms with Crippen LogP contribution in [0.5, 0.6) is 0 Å². The van der Waals surface area contributed by atoms with Gasteiger partial charge in [-0.25, -0.2) is 0 Å². The minimum atomic E-state index is 0.504. The molecule has 1 N–H and O–H groups in total. The third-order valence-corrected chi connectivity index (χ3v) is 2.99. The van der Waals surface area contributed by atoms with Crippen LogP contribution in [-0.2, 0) is 6.54 Å². The van der Waals surface area contributed by atoms with Gasteiger partial charge in [-0.3, -0.25) is 4.98 Å². The van der Waals surface area contributed by atoms with Gasteiger partial charge in [0.1, 0.15) is 0 Å². The zero-order valence-corrected chi connectivity index (χ0v) is 10.3. The van der Waals surface area contributed by atoms with Crippen LogP contribution >= 0.6 is 11.5 Å². The summed E-state index contributed by atoms with van der Waals surface area (Å²) >= 11 is 1.55. The Balaban J connectivity index is 2.08. The molecule has 0 aliphatic carbocycles. The van der Waals surface area contributed by atoms with E-state index in [1.165, 1.54) is 4.88 Å². The first-order valence-corrected chi connectivity index (χ1v) is 6.12. The fraction of sp³-hybridized carbons (Fsp3) is 0.333. The number of nitrogens with one attached hydrogen (secondary N) is 1. The first-order chi connectivity index (χ1) is 7.75. The molecule has 0 fully saturated rings. The van der Waals surface area contributed by atoms with Gasteiger partial charge in [0.15, 0.2) is 0 Å². The molecule has 0 atom stereocenters. The van der Waals surface area contributed by atoms with Gasteiger partial charge in [-0.2, -0.15) is 4.37 Å². The minimum Gasteiger partial charge on any atom is -0.310 e. The van der Waals surface area contributed by atoms with Crippen LogP contribution in [0.15, 0.2) is 30.6 Å². The quantitative estimate of drug-likeness (QED) is 0.882. The van der Waals surface area contributed by atoms with Crippen molar-refractivity contribution >= 4 is 11.5 Å². The number of hydrogen-bond acceptors (Lipinski definition) is 4. The van der Waals surface area contributed by atoms with Crippen molar-refractivity contribution in [3.8, 4) is 11.3 Å². The Kier molecular flexibility index (Phi) is 3.64. The number of pyridine rings is 1. The van der Waals surface area contributed by atoms with E-state index in [2.05, 4.69) is 34.6 Å². The normalized spacial score (nSPS) is 10.9. The summed E-state index contributed by atoms with van der Waals surface area (Å²) in [5, 5.41) is 3.38. The molecule has 0 saturated heterocycles.